The Balaban J connectivity index is 1.38. The Kier molecular flexibility index (Phi) is 6.56. The minimum atomic E-state index is -0.248. The van der Waals surface area contributed by atoms with Gasteiger partial charge in [0.15, 0.2) is 11.5 Å². The summed E-state index contributed by atoms with van der Waals surface area (Å²) < 4.78 is 14.8. The molecule has 154 valence electrons. The van der Waals surface area contributed by atoms with Crippen molar-refractivity contribution in [1.29, 1.82) is 5.41 Å². The molecular weight excluding hydrogens is 469 g/mol. The second kappa shape index (κ2) is 9.50. The van der Waals surface area contributed by atoms with Crippen molar-refractivity contribution < 1.29 is 9.71 Å². The standard InChI is InChI=1S/C20H19BrFN7S/c21-14-9-17(24-10-14)19(27-13-23)28-5-7-29(8-6-28)20-25-11-15(12-26-20)30-18-4-2-1-3-16(18)22/h1-4,9-13,23-24H,5-8H2/p+1. The second-order valence-electron chi connectivity index (χ2n) is 6.63. The van der Waals surface area contributed by atoms with E-state index in [0.717, 1.165) is 53.4 Å². The van der Waals surface area contributed by atoms with Gasteiger partial charge >= 0.3 is 0 Å². The summed E-state index contributed by atoms with van der Waals surface area (Å²) >= 11 is 4.78. The fourth-order valence-electron chi connectivity index (χ4n) is 3.25. The number of benzene rings is 1. The first-order chi connectivity index (χ1) is 14.6. The molecule has 3 heterocycles. The van der Waals surface area contributed by atoms with Crippen LogP contribution in [0.25, 0.3) is 0 Å². The third-order valence-corrected chi connectivity index (χ3v) is 6.19. The van der Waals surface area contributed by atoms with Crippen molar-refractivity contribution in [1.82, 2.24) is 14.9 Å². The molecule has 0 aliphatic carbocycles. The summed E-state index contributed by atoms with van der Waals surface area (Å²) in [5.74, 6) is 1.21. The molecule has 10 heteroatoms. The number of nitrogens with zero attached hydrogens (tertiary/aromatic N) is 5. The van der Waals surface area contributed by atoms with E-state index < -0.39 is 0 Å². The summed E-state index contributed by atoms with van der Waals surface area (Å²) in [6.07, 6.45) is 8.52. The molecule has 0 amide bonds. The zero-order valence-electron chi connectivity index (χ0n) is 16.0. The van der Waals surface area contributed by atoms with Crippen LogP contribution in [0.3, 0.4) is 0 Å². The van der Waals surface area contributed by atoms with Crippen molar-refractivity contribution >= 4 is 45.8 Å². The van der Waals surface area contributed by atoms with Gasteiger partial charge in [-0.1, -0.05) is 23.9 Å². The quantitative estimate of drug-likeness (QED) is 0.499. The third-order valence-electron chi connectivity index (χ3n) is 4.70. The zero-order chi connectivity index (χ0) is 20.9. The lowest BCUT2D eigenvalue weighted by atomic mass is 10.2. The largest absolute Gasteiger partial charge is 0.348 e. The van der Waals surface area contributed by atoms with Gasteiger partial charge in [0.2, 0.25) is 5.95 Å². The summed E-state index contributed by atoms with van der Waals surface area (Å²) in [5.41, 5.74) is 0.990. The highest BCUT2D eigenvalue weighted by molar-refractivity contribution is 9.11. The monoisotopic (exact) mass is 488 g/mol. The van der Waals surface area contributed by atoms with E-state index in [4.69, 9.17) is 5.41 Å². The fraction of sp³-hybridized carbons (Fsp3) is 0.200. The van der Waals surface area contributed by atoms with Crippen LogP contribution in [0.4, 0.5) is 10.3 Å². The van der Waals surface area contributed by atoms with Gasteiger partial charge in [0.25, 0.3) is 0 Å². The molecule has 0 radical (unpaired) electrons. The highest BCUT2D eigenvalue weighted by atomic mass is 79.9. The van der Waals surface area contributed by atoms with Crippen LogP contribution < -0.4 is 10.2 Å². The van der Waals surface area contributed by atoms with Gasteiger partial charge in [0, 0.05) is 54.4 Å². The lowest BCUT2D eigenvalue weighted by Crippen LogP contribution is -2.77. The van der Waals surface area contributed by atoms with Gasteiger partial charge in [-0.3, -0.25) is 10.7 Å². The van der Waals surface area contributed by atoms with E-state index in [-0.39, 0.29) is 5.82 Å². The number of aromatic nitrogens is 2. The first kappa shape index (κ1) is 20.7. The first-order valence-corrected chi connectivity index (χ1v) is 11.0. The Labute approximate surface area is 186 Å². The Morgan fingerprint density at radius 2 is 1.93 bits per heavy atom. The molecule has 2 aromatic rings. The third kappa shape index (κ3) is 4.77. The number of allylic oxidation sites excluding steroid dienone is 2. The molecule has 1 aromatic heterocycles. The number of hydrogen-bond donors (Lipinski definition) is 2. The van der Waals surface area contributed by atoms with Crippen LogP contribution in [0, 0.1) is 11.2 Å². The van der Waals surface area contributed by atoms with E-state index >= 15 is 0 Å². The SMILES string of the molecule is N=CN=C(C1=CC(Br)=C[NH2+]1)N1CCN(c2ncc(Sc3ccccc3F)cn2)CC1. The minimum Gasteiger partial charge on any atom is -0.348 e. The molecule has 3 N–H and O–H groups in total. The molecule has 0 bridgehead atoms. The maximum absolute atomic E-state index is 13.8. The van der Waals surface area contributed by atoms with Gasteiger partial charge in [0.05, 0.1) is 4.48 Å². The molecule has 4 rings (SSSR count). The van der Waals surface area contributed by atoms with Crippen LogP contribution in [0.1, 0.15) is 0 Å². The van der Waals surface area contributed by atoms with Crippen LogP contribution in [-0.4, -0.2) is 53.2 Å². The van der Waals surface area contributed by atoms with Crippen molar-refractivity contribution in [3.8, 4) is 0 Å². The van der Waals surface area contributed by atoms with Crippen molar-refractivity contribution in [2.75, 3.05) is 31.1 Å². The predicted octanol–water partition coefficient (Wildman–Crippen LogP) is 2.59. The lowest BCUT2D eigenvalue weighted by molar-refractivity contribution is -0.522. The number of halogens is 2. The number of anilines is 1. The number of aliphatic imine (C=N–C) groups is 1. The Bertz CT molecular complexity index is 1010. The summed E-state index contributed by atoms with van der Waals surface area (Å²) in [5, 5.41) is 9.38. The lowest BCUT2D eigenvalue weighted by Gasteiger charge is -2.35. The highest BCUT2D eigenvalue weighted by Gasteiger charge is 2.26. The maximum Gasteiger partial charge on any atom is 0.225 e. The van der Waals surface area contributed by atoms with Gasteiger partial charge in [-0.15, -0.1) is 0 Å². The van der Waals surface area contributed by atoms with Gasteiger partial charge in [-0.2, -0.15) is 0 Å². The normalized spacial score (nSPS) is 17.1. The average Bonchev–Trinajstić information content (AvgIpc) is 3.20. The van der Waals surface area contributed by atoms with E-state index in [0.29, 0.717) is 10.8 Å². The van der Waals surface area contributed by atoms with Gasteiger partial charge in [-0.05, 0) is 28.1 Å². The predicted molar refractivity (Wildman–Crippen MR) is 120 cm³/mol. The van der Waals surface area contributed by atoms with E-state index in [9.17, 15) is 4.39 Å². The molecule has 0 saturated carbocycles. The number of nitrogens with two attached hydrogens (primary N) is 1. The molecule has 2 aliphatic rings. The van der Waals surface area contributed by atoms with Crippen LogP contribution in [0.2, 0.25) is 0 Å². The zero-order valence-corrected chi connectivity index (χ0v) is 18.4. The topological polar surface area (TPSA) is 85.1 Å². The summed E-state index contributed by atoms with van der Waals surface area (Å²) in [4.78, 5) is 18.9. The number of amidine groups is 1. The summed E-state index contributed by atoms with van der Waals surface area (Å²) in [6.45, 7) is 3.01. The maximum atomic E-state index is 13.8. The smallest absolute Gasteiger partial charge is 0.225 e. The molecule has 0 atom stereocenters. The molecule has 7 nitrogen and oxygen atoms in total. The summed E-state index contributed by atoms with van der Waals surface area (Å²) in [6, 6.07) is 6.67. The number of rotatable bonds is 5. The highest BCUT2D eigenvalue weighted by Crippen LogP contribution is 2.29. The molecule has 1 fully saturated rings. The molecule has 2 aliphatic heterocycles. The van der Waals surface area contributed by atoms with Crippen molar-refractivity contribution in [3.63, 3.8) is 0 Å². The van der Waals surface area contributed by atoms with Gasteiger partial charge < -0.3 is 9.80 Å². The van der Waals surface area contributed by atoms with E-state index in [1.54, 1.807) is 24.5 Å². The van der Waals surface area contributed by atoms with Crippen molar-refractivity contribution in [2.24, 2.45) is 4.99 Å². The molecule has 30 heavy (non-hydrogen) atoms. The van der Waals surface area contributed by atoms with E-state index in [1.165, 1.54) is 17.8 Å². The van der Waals surface area contributed by atoms with Gasteiger partial charge in [-0.25, -0.2) is 19.4 Å². The van der Waals surface area contributed by atoms with Crippen molar-refractivity contribution in [2.45, 2.75) is 9.79 Å². The fourth-order valence-corrected chi connectivity index (χ4v) is 4.41. The number of quaternary nitrogens is 1. The molecule has 1 aromatic carbocycles. The van der Waals surface area contributed by atoms with Gasteiger partial charge in [0.1, 0.15) is 18.4 Å². The Morgan fingerprint density at radius 1 is 1.20 bits per heavy atom. The molecule has 1 saturated heterocycles. The van der Waals surface area contributed by atoms with Crippen molar-refractivity contribution in [3.05, 3.63) is 64.9 Å². The first-order valence-electron chi connectivity index (χ1n) is 9.38. The number of nitrogens with one attached hydrogen (secondary N) is 1. The van der Waals surface area contributed by atoms with E-state index in [2.05, 4.69) is 40.7 Å². The van der Waals surface area contributed by atoms with Crippen LogP contribution >= 0.6 is 27.7 Å². The number of hydrogen-bond acceptors (Lipinski definition) is 5. The van der Waals surface area contributed by atoms with Crippen LogP contribution in [-0.2, 0) is 0 Å². The Hall–Kier alpha value is -2.56. The second-order valence-corrected chi connectivity index (χ2v) is 8.66. The summed E-state index contributed by atoms with van der Waals surface area (Å²) in [7, 11) is 0. The van der Waals surface area contributed by atoms with Crippen LogP contribution in [0.15, 0.2) is 73.9 Å². The minimum absolute atomic E-state index is 0.248. The number of piperazine rings is 1. The molecule has 0 unspecified atom stereocenters. The van der Waals surface area contributed by atoms with Crippen LogP contribution in [0.5, 0.6) is 0 Å². The molecular formula is C20H20BrFN7S+. The molecule has 0 spiro atoms. The van der Waals surface area contributed by atoms with E-state index in [1.807, 2.05) is 23.7 Å². The Morgan fingerprint density at radius 3 is 2.57 bits per heavy atom. The average molecular weight is 489 g/mol.